The fourth-order valence-electron chi connectivity index (χ4n) is 1.70. The number of urea groups is 1. The number of nitrogens with zero attached hydrogens (tertiary/aromatic N) is 2. The standard InChI is InChI=1S/C13H15N3O3S/c1-8-14-10-4-3-9(7-11(10)20-8)15-13(19)16(2)6-5-12(17)18/h3-4,7H,5-6H2,1-2H3,(H,15,19)(H,17,18). The lowest BCUT2D eigenvalue weighted by Gasteiger charge is -2.16. The van der Waals surface area contributed by atoms with Gasteiger partial charge in [-0.2, -0.15) is 0 Å². The number of rotatable bonds is 4. The summed E-state index contributed by atoms with van der Waals surface area (Å²) in [4.78, 5) is 28.0. The molecule has 106 valence electrons. The first kappa shape index (κ1) is 14.3. The fourth-order valence-corrected chi connectivity index (χ4v) is 2.57. The van der Waals surface area contributed by atoms with Gasteiger partial charge in [-0.1, -0.05) is 0 Å². The smallest absolute Gasteiger partial charge is 0.321 e. The summed E-state index contributed by atoms with van der Waals surface area (Å²) >= 11 is 1.56. The molecule has 0 aliphatic carbocycles. The molecule has 0 saturated heterocycles. The Bertz CT molecular complexity index is 653. The quantitative estimate of drug-likeness (QED) is 0.907. The number of carbonyl (C=O) groups is 2. The van der Waals surface area contributed by atoms with Crippen molar-refractivity contribution in [1.82, 2.24) is 9.88 Å². The Labute approximate surface area is 120 Å². The van der Waals surface area contributed by atoms with Crippen LogP contribution in [-0.2, 0) is 4.79 Å². The predicted molar refractivity (Wildman–Crippen MR) is 78.3 cm³/mol. The van der Waals surface area contributed by atoms with Crippen LogP contribution in [0.2, 0.25) is 0 Å². The van der Waals surface area contributed by atoms with Gasteiger partial charge in [0.1, 0.15) is 0 Å². The van der Waals surface area contributed by atoms with Crippen molar-refractivity contribution in [3.05, 3.63) is 23.2 Å². The van der Waals surface area contributed by atoms with Crippen LogP contribution in [0.5, 0.6) is 0 Å². The average molecular weight is 293 g/mol. The molecule has 6 nitrogen and oxygen atoms in total. The van der Waals surface area contributed by atoms with E-state index in [4.69, 9.17) is 5.11 Å². The van der Waals surface area contributed by atoms with Crippen molar-refractivity contribution in [3.63, 3.8) is 0 Å². The number of carboxylic acids is 1. The Hall–Kier alpha value is -2.15. The number of aromatic nitrogens is 1. The van der Waals surface area contributed by atoms with Crippen molar-refractivity contribution in [1.29, 1.82) is 0 Å². The van der Waals surface area contributed by atoms with Gasteiger partial charge in [0.2, 0.25) is 0 Å². The van der Waals surface area contributed by atoms with Gasteiger partial charge in [-0.05, 0) is 25.1 Å². The number of amides is 2. The van der Waals surface area contributed by atoms with Crippen molar-refractivity contribution in [2.45, 2.75) is 13.3 Å². The lowest BCUT2D eigenvalue weighted by atomic mass is 10.3. The predicted octanol–water partition coefficient (Wildman–Crippen LogP) is 2.54. The molecule has 0 unspecified atom stereocenters. The normalized spacial score (nSPS) is 10.5. The summed E-state index contributed by atoms with van der Waals surface area (Å²) in [5, 5.41) is 12.3. The summed E-state index contributed by atoms with van der Waals surface area (Å²) in [6.07, 6.45) is -0.0724. The van der Waals surface area contributed by atoms with Crippen LogP contribution < -0.4 is 5.32 Å². The van der Waals surface area contributed by atoms with Crippen LogP contribution in [0.1, 0.15) is 11.4 Å². The van der Waals surface area contributed by atoms with E-state index < -0.39 is 5.97 Å². The topological polar surface area (TPSA) is 82.5 Å². The third kappa shape index (κ3) is 3.45. The SMILES string of the molecule is Cc1nc2ccc(NC(=O)N(C)CCC(=O)O)cc2s1. The van der Waals surface area contributed by atoms with E-state index in [0.29, 0.717) is 5.69 Å². The van der Waals surface area contributed by atoms with Crippen molar-refractivity contribution in [3.8, 4) is 0 Å². The summed E-state index contributed by atoms with van der Waals surface area (Å²) in [5.74, 6) is -0.925. The fraction of sp³-hybridized carbons (Fsp3) is 0.308. The van der Waals surface area contributed by atoms with Gasteiger partial charge >= 0.3 is 12.0 Å². The number of benzene rings is 1. The Morgan fingerprint density at radius 1 is 1.45 bits per heavy atom. The lowest BCUT2D eigenvalue weighted by molar-refractivity contribution is -0.137. The molecular weight excluding hydrogens is 278 g/mol. The maximum absolute atomic E-state index is 11.9. The van der Waals surface area contributed by atoms with E-state index in [2.05, 4.69) is 10.3 Å². The Morgan fingerprint density at radius 3 is 2.90 bits per heavy atom. The Morgan fingerprint density at radius 2 is 2.20 bits per heavy atom. The number of aryl methyl sites for hydroxylation is 1. The second-order valence-electron chi connectivity index (χ2n) is 4.41. The van der Waals surface area contributed by atoms with Crippen molar-refractivity contribution in [2.75, 3.05) is 18.9 Å². The highest BCUT2D eigenvalue weighted by Crippen LogP contribution is 2.24. The van der Waals surface area contributed by atoms with Crippen LogP contribution in [-0.4, -0.2) is 40.6 Å². The molecule has 0 bridgehead atoms. The summed E-state index contributed by atoms with van der Waals surface area (Å²) in [6.45, 7) is 2.10. The molecule has 2 aromatic rings. The van der Waals surface area contributed by atoms with Crippen LogP contribution in [0.25, 0.3) is 10.2 Å². The van der Waals surface area contributed by atoms with Gasteiger partial charge in [-0.25, -0.2) is 9.78 Å². The number of carbonyl (C=O) groups excluding carboxylic acids is 1. The minimum absolute atomic E-state index is 0.0724. The molecule has 1 aromatic heterocycles. The summed E-state index contributed by atoms with van der Waals surface area (Å²) < 4.78 is 1.01. The highest BCUT2D eigenvalue weighted by molar-refractivity contribution is 7.18. The number of fused-ring (bicyclic) bond motifs is 1. The molecule has 2 N–H and O–H groups in total. The zero-order valence-corrected chi connectivity index (χ0v) is 12.0. The molecule has 0 aliphatic rings. The van der Waals surface area contributed by atoms with Gasteiger partial charge in [-0.15, -0.1) is 11.3 Å². The molecule has 2 rings (SSSR count). The molecule has 20 heavy (non-hydrogen) atoms. The van der Waals surface area contributed by atoms with Crippen LogP contribution in [0.3, 0.4) is 0 Å². The van der Waals surface area contributed by atoms with E-state index in [9.17, 15) is 9.59 Å². The van der Waals surface area contributed by atoms with Gasteiger partial charge < -0.3 is 15.3 Å². The van der Waals surface area contributed by atoms with Gasteiger partial charge in [0, 0.05) is 19.3 Å². The van der Waals surface area contributed by atoms with E-state index in [1.165, 1.54) is 4.90 Å². The van der Waals surface area contributed by atoms with Crippen LogP contribution in [0, 0.1) is 6.92 Å². The largest absolute Gasteiger partial charge is 0.481 e. The number of nitrogens with one attached hydrogen (secondary N) is 1. The molecule has 2 amide bonds. The third-order valence-corrected chi connectivity index (χ3v) is 3.69. The third-order valence-electron chi connectivity index (χ3n) is 2.75. The van der Waals surface area contributed by atoms with Gasteiger partial charge in [0.25, 0.3) is 0 Å². The molecule has 0 spiro atoms. The average Bonchev–Trinajstić information content (AvgIpc) is 2.75. The molecule has 0 saturated carbocycles. The maximum Gasteiger partial charge on any atom is 0.321 e. The van der Waals surface area contributed by atoms with E-state index in [0.717, 1.165) is 15.2 Å². The molecule has 1 aromatic carbocycles. The minimum Gasteiger partial charge on any atom is -0.481 e. The zero-order valence-electron chi connectivity index (χ0n) is 11.2. The van der Waals surface area contributed by atoms with Crippen LogP contribution in [0.4, 0.5) is 10.5 Å². The second-order valence-corrected chi connectivity index (χ2v) is 5.65. The number of hydrogen-bond acceptors (Lipinski definition) is 4. The molecule has 0 radical (unpaired) electrons. The number of aliphatic carboxylic acids is 1. The second kappa shape index (κ2) is 5.87. The summed E-state index contributed by atoms with van der Waals surface area (Å²) in [7, 11) is 1.56. The highest BCUT2D eigenvalue weighted by Gasteiger charge is 2.11. The Balaban J connectivity index is 2.03. The maximum atomic E-state index is 11.9. The first-order chi connectivity index (χ1) is 9.45. The van der Waals surface area contributed by atoms with Crippen molar-refractivity contribution >= 4 is 39.2 Å². The summed E-state index contributed by atoms with van der Waals surface area (Å²) in [6, 6.07) is 5.17. The molecule has 0 fully saturated rings. The van der Waals surface area contributed by atoms with E-state index in [-0.39, 0.29) is 19.0 Å². The number of anilines is 1. The summed E-state index contributed by atoms with van der Waals surface area (Å²) in [5.41, 5.74) is 1.58. The van der Waals surface area contributed by atoms with Crippen molar-refractivity contribution < 1.29 is 14.7 Å². The van der Waals surface area contributed by atoms with Gasteiger partial charge in [0.15, 0.2) is 0 Å². The minimum atomic E-state index is -0.925. The van der Waals surface area contributed by atoms with Gasteiger partial charge in [0.05, 0.1) is 21.6 Å². The van der Waals surface area contributed by atoms with Crippen LogP contribution in [0.15, 0.2) is 18.2 Å². The zero-order chi connectivity index (χ0) is 14.7. The lowest BCUT2D eigenvalue weighted by Crippen LogP contribution is -2.33. The molecule has 1 heterocycles. The number of carboxylic acid groups (broad SMARTS) is 1. The van der Waals surface area contributed by atoms with E-state index >= 15 is 0 Å². The highest BCUT2D eigenvalue weighted by atomic mass is 32.1. The van der Waals surface area contributed by atoms with E-state index in [1.807, 2.05) is 19.1 Å². The number of thiazole rings is 1. The molecule has 7 heteroatoms. The van der Waals surface area contributed by atoms with Gasteiger partial charge in [-0.3, -0.25) is 4.79 Å². The first-order valence-electron chi connectivity index (χ1n) is 6.07. The number of hydrogen-bond donors (Lipinski definition) is 2. The molecule has 0 atom stereocenters. The Kier molecular flexibility index (Phi) is 4.19. The monoisotopic (exact) mass is 293 g/mol. The molecule has 0 aliphatic heterocycles. The van der Waals surface area contributed by atoms with E-state index in [1.54, 1.807) is 24.5 Å². The van der Waals surface area contributed by atoms with Crippen molar-refractivity contribution in [2.24, 2.45) is 0 Å². The van der Waals surface area contributed by atoms with Crippen LogP contribution >= 0.6 is 11.3 Å². The first-order valence-corrected chi connectivity index (χ1v) is 6.88. The molecular formula is C13H15N3O3S.